The SMILES string of the molecule is CC(C)C(CNC(=O)CCCNc1ccc([N+](=O)[O-])cc1)N1CCOCC1. The van der Waals surface area contributed by atoms with E-state index in [4.69, 9.17) is 4.74 Å². The van der Waals surface area contributed by atoms with Gasteiger partial charge in [0.05, 0.1) is 18.1 Å². The van der Waals surface area contributed by atoms with E-state index in [0.717, 1.165) is 32.0 Å². The van der Waals surface area contributed by atoms with Crippen molar-refractivity contribution in [2.75, 3.05) is 44.7 Å². The molecule has 1 saturated heterocycles. The van der Waals surface area contributed by atoms with Crippen molar-refractivity contribution >= 4 is 17.3 Å². The zero-order chi connectivity index (χ0) is 19.6. The van der Waals surface area contributed by atoms with Crippen LogP contribution in [0.3, 0.4) is 0 Å². The summed E-state index contributed by atoms with van der Waals surface area (Å²) in [5.41, 5.74) is 0.882. The Morgan fingerprint density at radius 2 is 1.93 bits per heavy atom. The van der Waals surface area contributed by atoms with Gasteiger partial charge in [-0.05, 0) is 24.5 Å². The van der Waals surface area contributed by atoms with Crippen molar-refractivity contribution in [1.29, 1.82) is 0 Å². The second-order valence-corrected chi connectivity index (χ2v) is 7.10. The predicted octanol–water partition coefficient (Wildman–Crippen LogP) is 2.26. The van der Waals surface area contributed by atoms with Crippen LogP contribution < -0.4 is 10.6 Å². The highest BCUT2D eigenvalue weighted by Crippen LogP contribution is 2.15. The number of anilines is 1. The standard InChI is InChI=1S/C19H30N4O4/c1-15(2)18(22-10-12-27-13-11-22)14-21-19(24)4-3-9-20-16-5-7-17(8-6-16)23(25)26/h5-8,15,18,20H,3-4,9-14H2,1-2H3,(H,21,24). The second kappa shape index (κ2) is 10.8. The van der Waals surface area contributed by atoms with Crippen LogP contribution in [0.4, 0.5) is 11.4 Å². The van der Waals surface area contributed by atoms with E-state index in [1.165, 1.54) is 12.1 Å². The second-order valence-electron chi connectivity index (χ2n) is 7.10. The summed E-state index contributed by atoms with van der Waals surface area (Å²) >= 11 is 0. The van der Waals surface area contributed by atoms with Crippen LogP contribution in [0.2, 0.25) is 0 Å². The quantitative estimate of drug-likeness (QED) is 0.368. The number of amides is 1. The van der Waals surface area contributed by atoms with Crippen LogP contribution >= 0.6 is 0 Å². The smallest absolute Gasteiger partial charge is 0.269 e. The van der Waals surface area contributed by atoms with Crippen molar-refractivity contribution < 1.29 is 14.5 Å². The summed E-state index contributed by atoms with van der Waals surface area (Å²) in [5, 5.41) is 16.9. The molecule has 2 N–H and O–H groups in total. The number of nitrogens with one attached hydrogen (secondary N) is 2. The number of hydrogen-bond donors (Lipinski definition) is 2. The van der Waals surface area contributed by atoms with E-state index in [-0.39, 0.29) is 11.6 Å². The molecule has 1 atom stereocenters. The van der Waals surface area contributed by atoms with Crippen molar-refractivity contribution in [3.63, 3.8) is 0 Å². The Balaban J connectivity index is 1.65. The van der Waals surface area contributed by atoms with Gasteiger partial charge >= 0.3 is 0 Å². The molecule has 8 heteroatoms. The number of nitro groups is 1. The molecule has 0 bridgehead atoms. The maximum absolute atomic E-state index is 12.1. The molecular weight excluding hydrogens is 348 g/mol. The lowest BCUT2D eigenvalue weighted by atomic mass is 10.0. The summed E-state index contributed by atoms with van der Waals surface area (Å²) in [5.74, 6) is 0.520. The van der Waals surface area contributed by atoms with Gasteiger partial charge in [0.1, 0.15) is 0 Å². The number of carbonyl (C=O) groups excluding carboxylic acids is 1. The molecule has 1 aromatic rings. The number of nitrogens with zero attached hydrogens (tertiary/aromatic N) is 2. The van der Waals surface area contributed by atoms with Crippen LogP contribution in [0.15, 0.2) is 24.3 Å². The van der Waals surface area contributed by atoms with Crippen LogP contribution in [-0.2, 0) is 9.53 Å². The summed E-state index contributed by atoms with van der Waals surface area (Å²) in [6.07, 6.45) is 1.15. The molecule has 1 fully saturated rings. The fourth-order valence-electron chi connectivity index (χ4n) is 3.19. The van der Waals surface area contributed by atoms with Gasteiger partial charge in [-0.1, -0.05) is 13.8 Å². The monoisotopic (exact) mass is 378 g/mol. The number of nitro benzene ring substituents is 1. The normalized spacial score (nSPS) is 16.1. The Labute approximate surface area is 160 Å². The van der Waals surface area contributed by atoms with Gasteiger partial charge in [-0.15, -0.1) is 0 Å². The predicted molar refractivity (Wildman–Crippen MR) is 105 cm³/mol. The van der Waals surface area contributed by atoms with Gasteiger partial charge in [-0.2, -0.15) is 0 Å². The highest BCUT2D eigenvalue weighted by molar-refractivity contribution is 5.75. The Kier molecular flexibility index (Phi) is 8.47. The van der Waals surface area contributed by atoms with Gasteiger partial charge in [-0.3, -0.25) is 19.8 Å². The van der Waals surface area contributed by atoms with Crippen LogP contribution in [0.25, 0.3) is 0 Å². The number of ether oxygens (including phenoxy) is 1. The minimum atomic E-state index is -0.421. The maximum atomic E-state index is 12.1. The summed E-state index contributed by atoms with van der Waals surface area (Å²) in [6, 6.07) is 6.61. The molecule has 27 heavy (non-hydrogen) atoms. The first kappa shape index (κ1) is 21.1. The highest BCUT2D eigenvalue weighted by Gasteiger charge is 2.24. The van der Waals surface area contributed by atoms with E-state index in [0.29, 0.717) is 37.9 Å². The first-order valence-electron chi connectivity index (χ1n) is 9.54. The zero-order valence-corrected chi connectivity index (χ0v) is 16.1. The van der Waals surface area contributed by atoms with Crippen molar-refractivity contribution in [2.45, 2.75) is 32.7 Å². The minimum absolute atomic E-state index is 0.0550. The number of morpholine rings is 1. The topological polar surface area (TPSA) is 96.7 Å². The third-order valence-electron chi connectivity index (χ3n) is 4.78. The third-order valence-corrected chi connectivity index (χ3v) is 4.78. The molecule has 1 heterocycles. The lowest BCUT2D eigenvalue weighted by Gasteiger charge is -2.36. The average Bonchev–Trinajstić information content (AvgIpc) is 2.66. The van der Waals surface area contributed by atoms with Crippen molar-refractivity contribution in [2.24, 2.45) is 5.92 Å². The van der Waals surface area contributed by atoms with Gasteiger partial charge in [0.15, 0.2) is 0 Å². The molecule has 1 aliphatic rings. The molecule has 2 rings (SSSR count). The van der Waals surface area contributed by atoms with Gasteiger partial charge in [0.2, 0.25) is 5.91 Å². The van der Waals surface area contributed by atoms with E-state index in [9.17, 15) is 14.9 Å². The van der Waals surface area contributed by atoms with E-state index < -0.39 is 4.92 Å². The molecule has 1 aliphatic heterocycles. The van der Waals surface area contributed by atoms with E-state index in [2.05, 4.69) is 29.4 Å². The zero-order valence-electron chi connectivity index (χ0n) is 16.1. The minimum Gasteiger partial charge on any atom is -0.385 e. The summed E-state index contributed by atoms with van der Waals surface area (Å²) in [6.45, 7) is 9.00. The van der Waals surface area contributed by atoms with Gasteiger partial charge < -0.3 is 15.4 Å². The molecule has 1 unspecified atom stereocenters. The van der Waals surface area contributed by atoms with Crippen LogP contribution in [-0.4, -0.2) is 61.2 Å². The molecule has 0 spiro atoms. The number of benzene rings is 1. The number of non-ortho nitro benzene ring substituents is 1. The van der Waals surface area contributed by atoms with Crippen molar-refractivity contribution in [3.05, 3.63) is 34.4 Å². The van der Waals surface area contributed by atoms with Crippen LogP contribution in [0.5, 0.6) is 0 Å². The molecule has 1 amide bonds. The largest absolute Gasteiger partial charge is 0.385 e. The number of carbonyl (C=O) groups is 1. The van der Waals surface area contributed by atoms with Gasteiger partial charge in [0, 0.05) is 56.5 Å². The van der Waals surface area contributed by atoms with E-state index in [1.807, 2.05) is 0 Å². The number of hydrogen-bond acceptors (Lipinski definition) is 6. The van der Waals surface area contributed by atoms with E-state index >= 15 is 0 Å². The Hall–Kier alpha value is -2.19. The first-order chi connectivity index (χ1) is 13.0. The highest BCUT2D eigenvalue weighted by atomic mass is 16.6. The molecule has 1 aromatic carbocycles. The maximum Gasteiger partial charge on any atom is 0.269 e. The molecule has 0 aliphatic carbocycles. The summed E-state index contributed by atoms with van der Waals surface area (Å²) < 4.78 is 5.41. The summed E-state index contributed by atoms with van der Waals surface area (Å²) in [7, 11) is 0. The molecule has 0 aromatic heterocycles. The van der Waals surface area contributed by atoms with Crippen LogP contribution in [0.1, 0.15) is 26.7 Å². The average molecular weight is 378 g/mol. The molecule has 0 radical (unpaired) electrons. The van der Waals surface area contributed by atoms with Crippen LogP contribution in [0, 0.1) is 16.0 Å². The lowest BCUT2D eigenvalue weighted by Crippen LogP contribution is -2.51. The Morgan fingerprint density at radius 1 is 1.26 bits per heavy atom. The summed E-state index contributed by atoms with van der Waals surface area (Å²) in [4.78, 5) is 24.7. The lowest BCUT2D eigenvalue weighted by molar-refractivity contribution is -0.384. The van der Waals surface area contributed by atoms with Crippen molar-refractivity contribution in [3.8, 4) is 0 Å². The fourth-order valence-corrected chi connectivity index (χ4v) is 3.19. The molecule has 8 nitrogen and oxygen atoms in total. The Bertz CT molecular complexity index is 600. The third kappa shape index (κ3) is 7.15. The Morgan fingerprint density at radius 3 is 2.52 bits per heavy atom. The number of rotatable bonds is 10. The fraction of sp³-hybridized carbons (Fsp3) is 0.632. The molecule has 150 valence electrons. The molecule has 0 saturated carbocycles. The van der Waals surface area contributed by atoms with Crippen molar-refractivity contribution in [1.82, 2.24) is 10.2 Å². The van der Waals surface area contributed by atoms with Gasteiger partial charge in [0.25, 0.3) is 5.69 Å². The van der Waals surface area contributed by atoms with E-state index in [1.54, 1.807) is 12.1 Å². The van der Waals surface area contributed by atoms with Gasteiger partial charge in [-0.25, -0.2) is 0 Å². The molecular formula is C19H30N4O4. The first-order valence-corrected chi connectivity index (χ1v) is 9.54.